The second kappa shape index (κ2) is 11.1. The quantitative estimate of drug-likeness (QED) is 0.230. The van der Waals surface area contributed by atoms with Gasteiger partial charge in [0.25, 0.3) is 0 Å². The molecular weight excluding hydrogens is 456 g/mol. The SMILES string of the molecule is CCCC1CCC(c2ccc(OC(=O)C3CCC(c4ccc(C)c(F)c4F)CC3)c(F)c2F)CC1. The molecule has 0 unspecified atom stereocenters. The lowest BCUT2D eigenvalue weighted by Gasteiger charge is -2.29. The van der Waals surface area contributed by atoms with E-state index >= 15 is 0 Å². The fourth-order valence-electron chi connectivity index (χ4n) is 5.92. The van der Waals surface area contributed by atoms with Crippen molar-refractivity contribution in [1.29, 1.82) is 0 Å². The van der Waals surface area contributed by atoms with Crippen LogP contribution in [0.3, 0.4) is 0 Å². The number of ether oxygens (including phenoxy) is 1. The van der Waals surface area contributed by atoms with E-state index in [1.54, 1.807) is 18.2 Å². The number of rotatable bonds is 6. The summed E-state index contributed by atoms with van der Waals surface area (Å²) in [5.41, 5.74) is 0.949. The van der Waals surface area contributed by atoms with Crippen LogP contribution < -0.4 is 4.74 Å². The van der Waals surface area contributed by atoms with Gasteiger partial charge in [-0.25, -0.2) is 13.2 Å². The van der Waals surface area contributed by atoms with Crippen LogP contribution in [0, 0.1) is 42.0 Å². The maximum atomic E-state index is 14.9. The van der Waals surface area contributed by atoms with Crippen molar-refractivity contribution in [3.63, 3.8) is 0 Å². The Labute approximate surface area is 205 Å². The molecular formula is C29H34F4O2. The largest absolute Gasteiger partial charge is 0.423 e. The molecule has 0 bridgehead atoms. The normalized spacial score (nSPS) is 24.9. The van der Waals surface area contributed by atoms with Crippen molar-refractivity contribution < 1.29 is 27.1 Å². The molecule has 2 nitrogen and oxygen atoms in total. The van der Waals surface area contributed by atoms with Crippen LogP contribution in [-0.2, 0) is 4.79 Å². The van der Waals surface area contributed by atoms with E-state index in [4.69, 9.17) is 4.74 Å². The summed E-state index contributed by atoms with van der Waals surface area (Å²) in [5, 5.41) is 0. The fraction of sp³-hybridized carbons (Fsp3) is 0.552. The molecule has 2 saturated carbocycles. The molecule has 0 atom stereocenters. The van der Waals surface area contributed by atoms with Crippen LogP contribution in [0.15, 0.2) is 24.3 Å². The number of carbonyl (C=O) groups excluding carboxylic acids is 1. The first-order chi connectivity index (χ1) is 16.8. The molecule has 0 heterocycles. The van der Waals surface area contributed by atoms with E-state index in [-0.39, 0.29) is 23.1 Å². The maximum Gasteiger partial charge on any atom is 0.314 e. The zero-order valence-electron chi connectivity index (χ0n) is 20.5. The Kier molecular flexibility index (Phi) is 8.18. The van der Waals surface area contributed by atoms with Gasteiger partial charge >= 0.3 is 5.97 Å². The van der Waals surface area contributed by atoms with Crippen LogP contribution in [0.4, 0.5) is 17.6 Å². The topological polar surface area (TPSA) is 26.3 Å². The van der Waals surface area contributed by atoms with Gasteiger partial charge in [-0.2, -0.15) is 4.39 Å². The third kappa shape index (κ3) is 5.57. The molecule has 0 spiro atoms. The number of carbonyl (C=O) groups is 1. The molecule has 0 radical (unpaired) electrons. The van der Waals surface area contributed by atoms with Crippen molar-refractivity contribution in [2.75, 3.05) is 0 Å². The van der Waals surface area contributed by atoms with E-state index in [1.807, 2.05) is 0 Å². The van der Waals surface area contributed by atoms with Crippen LogP contribution in [-0.4, -0.2) is 5.97 Å². The van der Waals surface area contributed by atoms with Crippen molar-refractivity contribution in [2.24, 2.45) is 11.8 Å². The Morgan fingerprint density at radius 2 is 1.31 bits per heavy atom. The Morgan fingerprint density at radius 1 is 0.771 bits per heavy atom. The van der Waals surface area contributed by atoms with E-state index in [9.17, 15) is 22.4 Å². The predicted molar refractivity (Wildman–Crippen MR) is 127 cm³/mol. The van der Waals surface area contributed by atoms with Gasteiger partial charge in [-0.3, -0.25) is 4.79 Å². The Balaban J connectivity index is 1.36. The number of esters is 1. The summed E-state index contributed by atoms with van der Waals surface area (Å²) in [4.78, 5) is 12.7. The van der Waals surface area contributed by atoms with Crippen molar-refractivity contribution in [3.05, 3.63) is 64.2 Å². The average Bonchev–Trinajstić information content (AvgIpc) is 2.86. The minimum Gasteiger partial charge on any atom is -0.423 e. The number of hydrogen-bond donors (Lipinski definition) is 0. The average molecular weight is 491 g/mol. The summed E-state index contributed by atoms with van der Waals surface area (Å²) in [7, 11) is 0. The van der Waals surface area contributed by atoms with Crippen LogP contribution in [0.5, 0.6) is 5.75 Å². The van der Waals surface area contributed by atoms with Crippen molar-refractivity contribution in [2.45, 2.75) is 89.9 Å². The maximum absolute atomic E-state index is 14.9. The Morgan fingerprint density at radius 3 is 1.91 bits per heavy atom. The molecule has 190 valence electrons. The number of halogens is 4. The summed E-state index contributed by atoms with van der Waals surface area (Å²) in [6.07, 6.45) is 7.88. The van der Waals surface area contributed by atoms with Crippen LogP contribution >= 0.6 is 0 Å². The smallest absolute Gasteiger partial charge is 0.314 e. The lowest BCUT2D eigenvalue weighted by molar-refractivity contribution is -0.140. The number of hydrogen-bond acceptors (Lipinski definition) is 2. The minimum atomic E-state index is -1.11. The number of aryl methyl sites for hydroxylation is 1. The minimum absolute atomic E-state index is 0.00959. The van der Waals surface area contributed by atoms with Gasteiger partial charge in [0.15, 0.2) is 23.2 Å². The molecule has 0 saturated heterocycles. The highest BCUT2D eigenvalue weighted by molar-refractivity contribution is 5.75. The third-order valence-corrected chi connectivity index (χ3v) is 8.08. The first-order valence-electron chi connectivity index (χ1n) is 12.9. The van der Waals surface area contributed by atoms with Gasteiger partial charge in [-0.05, 0) is 98.8 Å². The first kappa shape index (κ1) is 25.7. The lowest BCUT2D eigenvalue weighted by Crippen LogP contribution is -2.26. The summed E-state index contributed by atoms with van der Waals surface area (Å²) >= 11 is 0. The molecule has 0 aliphatic heterocycles. The Bertz CT molecular complexity index is 1050. The predicted octanol–water partition coefficient (Wildman–Crippen LogP) is 8.50. The monoisotopic (exact) mass is 490 g/mol. The fourth-order valence-corrected chi connectivity index (χ4v) is 5.92. The van der Waals surface area contributed by atoms with Gasteiger partial charge in [-0.15, -0.1) is 0 Å². The molecule has 0 aromatic heterocycles. The molecule has 2 aromatic carbocycles. The van der Waals surface area contributed by atoms with Gasteiger partial charge in [0.1, 0.15) is 0 Å². The second-order valence-corrected chi connectivity index (χ2v) is 10.4. The van der Waals surface area contributed by atoms with Gasteiger partial charge in [-0.1, -0.05) is 38.0 Å². The molecule has 2 aliphatic carbocycles. The molecule has 6 heteroatoms. The van der Waals surface area contributed by atoms with Crippen molar-refractivity contribution in [1.82, 2.24) is 0 Å². The van der Waals surface area contributed by atoms with E-state index in [0.717, 1.165) is 32.1 Å². The molecule has 4 rings (SSSR count). The lowest BCUT2D eigenvalue weighted by atomic mass is 9.77. The molecule has 2 aliphatic rings. The zero-order valence-corrected chi connectivity index (χ0v) is 20.5. The summed E-state index contributed by atoms with van der Waals surface area (Å²) in [5.74, 6) is -4.70. The highest BCUT2D eigenvalue weighted by Gasteiger charge is 2.32. The molecule has 0 N–H and O–H groups in total. The van der Waals surface area contributed by atoms with Gasteiger partial charge in [0.05, 0.1) is 5.92 Å². The van der Waals surface area contributed by atoms with Gasteiger partial charge < -0.3 is 4.74 Å². The first-order valence-corrected chi connectivity index (χ1v) is 12.9. The number of benzene rings is 2. The molecule has 2 fully saturated rings. The van der Waals surface area contributed by atoms with Crippen LogP contribution in [0.2, 0.25) is 0 Å². The summed E-state index contributed by atoms with van der Waals surface area (Å²) in [6.45, 7) is 3.68. The highest BCUT2D eigenvalue weighted by atomic mass is 19.2. The standard InChI is InChI=1S/C29H34F4O2/c1-3-4-18-6-8-19(9-7-18)23-15-16-24(28(33)27(23)32)35-29(34)21-12-10-20(11-13-21)22-14-5-17(2)25(30)26(22)31/h5,14-16,18-21H,3-4,6-13H2,1-2H3. The molecule has 35 heavy (non-hydrogen) atoms. The molecule has 2 aromatic rings. The van der Waals surface area contributed by atoms with Crippen molar-refractivity contribution in [3.8, 4) is 5.75 Å². The summed E-state index contributed by atoms with van der Waals surface area (Å²) < 4.78 is 63.3. The van der Waals surface area contributed by atoms with Crippen LogP contribution in [0.1, 0.15) is 99.7 Å². The zero-order chi connectivity index (χ0) is 25.1. The Hall–Kier alpha value is -2.37. The van der Waals surface area contributed by atoms with Gasteiger partial charge in [0.2, 0.25) is 5.82 Å². The molecule has 0 amide bonds. The third-order valence-electron chi connectivity index (χ3n) is 8.08. The van der Waals surface area contributed by atoms with E-state index < -0.39 is 35.2 Å². The summed E-state index contributed by atoms with van der Waals surface area (Å²) in [6, 6.07) is 6.08. The van der Waals surface area contributed by atoms with E-state index in [2.05, 4.69) is 6.92 Å². The second-order valence-electron chi connectivity index (χ2n) is 10.4. The van der Waals surface area contributed by atoms with Crippen LogP contribution in [0.25, 0.3) is 0 Å². The van der Waals surface area contributed by atoms with Gasteiger partial charge in [0, 0.05) is 0 Å². The van der Waals surface area contributed by atoms with E-state index in [1.165, 1.54) is 19.4 Å². The van der Waals surface area contributed by atoms with Crippen molar-refractivity contribution >= 4 is 5.97 Å². The van der Waals surface area contributed by atoms with E-state index in [0.29, 0.717) is 42.7 Å². The highest BCUT2D eigenvalue weighted by Crippen LogP contribution is 2.41.